The van der Waals surface area contributed by atoms with E-state index in [0.717, 1.165) is 0 Å². The second-order valence-electron chi connectivity index (χ2n) is 3.66. The van der Waals surface area contributed by atoms with E-state index in [4.69, 9.17) is 14.6 Å². The quantitative estimate of drug-likeness (QED) is 0.433. The lowest BCUT2D eigenvalue weighted by Crippen LogP contribution is -2.64. The first-order chi connectivity index (χ1) is 7.51. The van der Waals surface area contributed by atoms with Crippen LogP contribution in [0.5, 0.6) is 0 Å². The third kappa shape index (κ3) is 2.69. The number of hydrogen-bond donors (Lipinski definition) is 4. The van der Waals surface area contributed by atoms with Crippen LogP contribution in [0.1, 0.15) is 6.92 Å². The molecule has 0 spiro atoms. The minimum Gasteiger partial charge on any atom is -0.394 e. The molecule has 1 aliphatic heterocycles. The van der Waals surface area contributed by atoms with E-state index in [-0.39, 0.29) is 5.91 Å². The lowest BCUT2D eigenvalue weighted by Gasteiger charge is -2.41. The summed E-state index contributed by atoms with van der Waals surface area (Å²) < 4.78 is 9.96. The molecule has 0 unspecified atom stereocenters. The summed E-state index contributed by atoms with van der Waals surface area (Å²) in [6, 6.07) is -0.861. The molecule has 0 aromatic rings. The van der Waals surface area contributed by atoms with Gasteiger partial charge in [0.1, 0.15) is 24.4 Å². The molecule has 94 valence electrons. The van der Waals surface area contributed by atoms with Gasteiger partial charge >= 0.3 is 0 Å². The number of aliphatic hydroxyl groups excluding tert-OH is 3. The second-order valence-corrected chi connectivity index (χ2v) is 3.66. The highest BCUT2D eigenvalue weighted by molar-refractivity contribution is 5.73. The number of methoxy groups -OCH3 is 1. The summed E-state index contributed by atoms with van der Waals surface area (Å²) in [5.41, 5.74) is 0. The molecule has 1 rings (SSSR count). The minimum atomic E-state index is -1.32. The van der Waals surface area contributed by atoms with Gasteiger partial charge in [0, 0.05) is 14.0 Å². The highest BCUT2D eigenvalue weighted by atomic mass is 16.6. The number of hydrogen-bond acceptors (Lipinski definition) is 6. The van der Waals surface area contributed by atoms with Crippen molar-refractivity contribution in [3.63, 3.8) is 0 Å². The highest BCUT2D eigenvalue weighted by Crippen LogP contribution is 2.21. The Morgan fingerprint density at radius 2 is 2.12 bits per heavy atom. The third-order valence-corrected chi connectivity index (χ3v) is 2.51. The molecule has 1 amide bonds. The van der Waals surface area contributed by atoms with Crippen LogP contribution in [0.15, 0.2) is 0 Å². The molecule has 0 aliphatic carbocycles. The summed E-state index contributed by atoms with van der Waals surface area (Å²) in [6.07, 6.45) is -4.19. The molecule has 0 saturated carbocycles. The molecule has 0 radical (unpaired) electrons. The van der Waals surface area contributed by atoms with Crippen LogP contribution in [0, 0.1) is 0 Å². The molecule has 1 fully saturated rings. The van der Waals surface area contributed by atoms with Crippen LogP contribution in [-0.4, -0.2) is 65.6 Å². The van der Waals surface area contributed by atoms with Gasteiger partial charge in [0.25, 0.3) is 0 Å². The maximum Gasteiger partial charge on any atom is 0.217 e. The summed E-state index contributed by atoms with van der Waals surface area (Å²) in [5, 5.41) is 30.7. The Labute approximate surface area is 93.0 Å². The van der Waals surface area contributed by atoms with Crippen molar-refractivity contribution in [2.45, 2.75) is 37.6 Å². The van der Waals surface area contributed by atoms with Crippen LogP contribution in [0.4, 0.5) is 0 Å². The molecule has 5 atom stereocenters. The summed E-state index contributed by atoms with van der Waals surface area (Å²) in [7, 11) is 1.34. The topological polar surface area (TPSA) is 108 Å². The zero-order valence-electron chi connectivity index (χ0n) is 9.16. The molecule has 1 saturated heterocycles. The van der Waals surface area contributed by atoms with Crippen molar-refractivity contribution in [1.82, 2.24) is 5.32 Å². The van der Waals surface area contributed by atoms with E-state index < -0.39 is 37.3 Å². The van der Waals surface area contributed by atoms with Gasteiger partial charge in [-0.15, -0.1) is 0 Å². The normalized spacial score (nSPS) is 39.4. The standard InChI is InChI=1S/C9H17NO6/c1-4(12)10-6-8(15-2)7(13)5(3-11)16-9(6)14/h5-9,11,13-14H,3H2,1-2H3,(H,10,12)/t5-,6+,7-,8+,9+/m1/s1. The first-order valence-electron chi connectivity index (χ1n) is 4.93. The summed E-state index contributed by atoms with van der Waals surface area (Å²) in [6.45, 7) is 0.842. The Morgan fingerprint density at radius 1 is 1.50 bits per heavy atom. The predicted molar refractivity (Wildman–Crippen MR) is 52.4 cm³/mol. The van der Waals surface area contributed by atoms with Gasteiger partial charge in [0.2, 0.25) is 5.91 Å². The smallest absolute Gasteiger partial charge is 0.217 e. The molecule has 0 aromatic carbocycles. The summed E-state index contributed by atoms with van der Waals surface area (Å²) in [4.78, 5) is 10.9. The Bertz CT molecular complexity index is 248. The summed E-state index contributed by atoms with van der Waals surface area (Å²) >= 11 is 0. The van der Waals surface area contributed by atoms with Crippen molar-refractivity contribution in [3.8, 4) is 0 Å². The Hall–Kier alpha value is -0.730. The van der Waals surface area contributed by atoms with Crippen LogP contribution >= 0.6 is 0 Å². The number of aliphatic hydroxyl groups is 3. The monoisotopic (exact) mass is 235 g/mol. The Balaban J connectivity index is 2.78. The van der Waals surface area contributed by atoms with E-state index in [1.165, 1.54) is 14.0 Å². The average Bonchev–Trinajstić information content (AvgIpc) is 2.23. The molecule has 7 heteroatoms. The lowest BCUT2D eigenvalue weighted by molar-refractivity contribution is -0.258. The fourth-order valence-electron chi connectivity index (χ4n) is 1.76. The number of ether oxygens (including phenoxy) is 2. The first-order valence-corrected chi connectivity index (χ1v) is 4.93. The minimum absolute atomic E-state index is 0.371. The van der Waals surface area contributed by atoms with E-state index in [2.05, 4.69) is 5.32 Å². The van der Waals surface area contributed by atoms with Crippen molar-refractivity contribution in [1.29, 1.82) is 0 Å². The van der Waals surface area contributed by atoms with Crippen molar-refractivity contribution >= 4 is 5.91 Å². The fraction of sp³-hybridized carbons (Fsp3) is 0.889. The fourth-order valence-corrected chi connectivity index (χ4v) is 1.76. The molecule has 0 bridgehead atoms. The zero-order chi connectivity index (χ0) is 12.3. The Kier molecular flexibility index (Phi) is 4.63. The van der Waals surface area contributed by atoms with Crippen molar-refractivity contribution < 1.29 is 29.6 Å². The van der Waals surface area contributed by atoms with E-state index in [9.17, 15) is 15.0 Å². The number of nitrogens with one attached hydrogen (secondary N) is 1. The molecular formula is C9H17NO6. The molecule has 4 N–H and O–H groups in total. The van der Waals surface area contributed by atoms with Crippen molar-refractivity contribution in [2.24, 2.45) is 0 Å². The predicted octanol–water partition coefficient (Wildman–Crippen LogP) is -2.42. The highest BCUT2D eigenvalue weighted by Gasteiger charge is 2.45. The zero-order valence-corrected chi connectivity index (χ0v) is 9.16. The maximum absolute atomic E-state index is 10.9. The third-order valence-electron chi connectivity index (χ3n) is 2.51. The SMILES string of the molecule is CO[C@@H]1[C@H](O)[C@@H](CO)O[C@H](O)[C@H]1NC(C)=O. The molecule has 7 nitrogen and oxygen atoms in total. The molecule has 0 aromatic heterocycles. The number of carbonyl (C=O) groups is 1. The van der Waals surface area contributed by atoms with Crippen molar-refractivity contribution in [3.05, 3.63) is 0 Å². The van der Waals surface area contributed by atoms with Crippen LogP contribution in [-0.2, 0) is 14.3 Å². The van der Waals surface area contributed by atoms with Gasteiger partial charge in [-0.3, -0.25) is 4.79 Å². The van der Waals surface area contributed by atoms with Crippen LogP contribution < -0.4 is 5.32 Å². The van der Waals surface area contributed by atoms with Crippen LogP contribution in [0.3, 0.4) is 0 Å². The number of amides is 1. The molecular weight excluding hydrogens is 218 g/mol. The van der Waals surface area contributed by atoms with Gasteiger partial charge in [0.15, 0.2) is 6.29 Å². The number of rotatable bonds is 3. The van der Waals surface area contributed by atoms with Gasteiger partial charge in [-0.2, -0.15) is 0 Å². The van der Waals surface area contributed by atoms with Gasteiger partial charge in [0.05, 0.1) is 6.61 Å². The van der Waals surface area contributed by atoms with E-state index in [1.807, 2.05) is 0 Å². The summed E-state index contributed by atoms with van der Waals surface area (Å²) in [5.74, 6) is -0.371. The molecule has 16 heavy (non-hydrogen) atoms. The van der Waals surface area contributed by atoms with Crippen LogP contribution in [0.25, 0.3) is 0 Å². The Morgan fingerprint density at radius 3 is 2.56 bits per heavy atom. The lowest BCUT2D eigenvalue weighted by atomic mass is 9.97. The number of carbonyl (C=O) groups excluding carboxylic acids is 1. The van der Waals surface area contributed by atoms with E-state index in [1.54, 1.807) is 0 Å². The average molecular weight is 235 g/mol. The van der Waals surface area contributed by atoms with Gasteiger partial charge in [-0.25, -0.2) is 0 Å². The largest absolute Gasteiger partial charge is 0.394 e. The van der Waals surface area contributed by atoms with Crippen LogP contribution in [0.2, 0.25) is 0 Å². The first kappa shape index (κ1) is 13.3. The van der Waals surface area contributed by atoms with Gasteiger partial charge in [-0.05, 0) is 0 Å². The maximum atomic E-state index is 10.9. The van der Waals surface area contributed by atoms with Gasteiger partial charge in [-0.1, -0.05) is 0 Å². The second kappa shape index (κ2) is 5.55. The molecule has 1 heterocycles. The molecule has 1 aliphatic rings. The van der Waals surface area contributed by atoms with E-state index in [0.29, 0.717) is 0 Å². The van der Waals surface area contributed by atoms with Crippen molar-refractivity contribution in [2.75, 3.05) is 13.7 Å². The van der Waals surface area contributed by atoms with E-state index >= 15 is 0 Å². The van der Waals surface area contributed by atoms with Gasteiger partial charge < -0.3 is 30.1 Å².